The molecule has 0 aliphatic heterocycles. The van der Waals surface area contributed by atoms with Crippen molar-refractivity contribution in [1.82, 2.24) is 9.71 Å². The second-order valence-corrected chi connectivity index (χ2v) is 10.9. The molecule has 0 bridgehead atoms. The number of carbonyl (C=O) groups excluding carboxylic acids is 3. The van der Waals surface area contributed by atoms with Crippen LogP contribution in [0.2, 0.25) is 0 Å². The van der Waals surface area contributed by atoms with Gasteiger partial charge in [-0.15, -0.1) is 0 Å². The van der Waals surface area contributed by atoms with E-state index in [1.54, 1.807) is 27.0 Å². The summed E-state index contributed by atoms with van der Waals surface area (Å²) in [5.74, 6) is -1.63. The highest BCUT2D eigenvalue weighted by atomic mass is 32.2. The van der Waals surface area contributed by atoms with Crippen LogP contribution in [0.5, 0.6) is 5.75 Å². The molecule has 0 saturated heterocycles. The lowest BCUT2D eigenvalue weighted by molar-refractivity contribution is -0.155. The van der Waals surface area contributed by atoms with Gasteiger partial charge in [0, 0.05) is 23.6 Å². The van der Waals surface area contributed by atoms with E-state index in [1.165, 1.54) is 12.1 Å². The van der Waals surface area contributed by atoms with E-state index < -0.39 is 40.0 Å². The first kappa shape index (κ1) is 27.8. The SMILES string of the molecule is CC(C)(C)OC(=O)CC(C=O)NS(=O)(=O)c1ccc(C(N)=O)cc1OCCc1cccc2ncccc12. The number of amides is 1. The van der Waals surface area contributed by atoms with Crippen molar-refractivity contribution in [2.75, 3.05) is 6.61 Å². The van der Waals surface area contributed by atoms with Gasteiger partial charge < -0.3 is 20.0 Å². The third-order valence-electron chi connectivity index (χ3n) is 5.16. The van der Waals surface area contributed by atoms with Gasteiger partial charge in [-0.1, -0.05) is 18.2 Å². The topological polar surface area (TPSA) is 155 Å². The molecule has 1 amide bonds. The van der Waals surface area contributed by atoms with Crippen LogP contribution in [0.4, 0.5) is 0 Å². The van der Waals surface area contributed by atoms with Crippen LogP contribution < -0.4 is 15.2 Å². The molecule has 0 radical (unpaired) electrons. The highest BCUT2D eigenvalue weighted by Crippen LogP contribution is 2.26. The van der Waals surface area contributed by atoms with Gasteiger partial charge in [-0.25, -0.2) is 13.1 Å². The number of ether oxygens (including phenoxy) is 2. The summed E-state index contributed by atoms with van der Waals surface area (Å²) in [6.07, 6.45) is 1.93. The summed E-state index contributed by atoms with van der Waals surface area (Å²) >= 11 is 0. The lowest BCUT2D eigenvalue weighted by atomic mass is 10.1. The molecule has 3 rings (SSSR count). The zero-order chi connectivity index (χ0) is 27.2. The molecule has 0 fully saturated rings. The summed E-state index contributed by atoms with van der Waals surface area (Å²) in [4.78, 5) is 39.4. The number of nitrogens with one attached hydrogen (secondary N) is 1. The normalized spacial score (nSPS) is 12.6. The molecule has 3 aromatic rings. The minimum Gasteiger partial charge on any atom is -0.492 e. The van der Waals surface area contributed by atoms with Gasteiger partial charge in [-0.05, 0) is 56.7 Å². The Morgan fingerprint density at radius 3 is 2.57 bits per heavy atom. The number of nitrogens with two attached hydrogens (primary N) is 1. The Morgan fingerprint density at radius 1 is 1.14 bits per heavy atom. The molecule has 1 unspecified atom stereocenters. The fourth-order valence-corrected chi connectivity index (χ4v) is 4.89. The van der Waals surface area contributed by atoms with Gasteiger partial charge in [-0.3, -0.25) is 14.6 Å². The zero-order valence-corrected chi connectivity index (χ0v) is 21.6. The number of hydrogen-bond donors (Lipinski definition) is 2. The third-order valence-corrected chi connectivity index (χ3v) is 6.69. The van der Waals surface area contributed by atoms with Crippen LogP contribution in [-0.4, -0.2) is 49.8 Å². The average molecular weight is 528 g/mol. The number of hydrogen-bond acceptors (Lipinski definition) is 8. The quantitative estimate of drug-likeness (QED) is 0.285. The van der Waals surface area contributed by atoms with Crippen LogP contribution in [0.25, 0.3) is 10.9 Å². The zero-order valence-electron chi connectivity index (χ0n) is 20.8. The van der Waals surface area contributed by atoms with Crippen molar-refractivity contribution in [3.63, 3.8) is 0 Å². The van der Waals surface area contributed by atoms with Crippen LogP contribution in [0.15, 0.2) is 59.6 Å². The summed E-state index contributed by atoms with van der Waals surface area (Å²) < 4.78 is 39.5. The summed E-state index contributed by atoms with van der Waals surface area (Å²) in [6.45, 7) is 5.05. The van der Waals surface area contributed by atoms with E-state index in [2.05, 4.69) is 9.71 Å². The van der Waals surface area contributed by atoms with Gasteiger partial charge in [0.25, 0.3) is 0 Å². The fraction of sp³-hybridized carbons (Fsp3) is 0.308. The maximum atomic E-state index is 13.2. The Kier molecular flexibility index (Phi) is 8.61. The molecule has 10 nitrogen and oxygen atoms in total. The number of carbonyl (C=O) groups is 3. The average Bonchev–Trinajstić information content (AvgIpc) is 2.82. The lowest BCUT2D eigenvalue weighted by Gasteiger charge is -2.21. The van der Waals surface area contributed by atoms with Gasteiger partial charge in [0.1, 0.15) is 22.5 Å². The van der Waals surface area contributed by atoms with E-state index in [9.17, 15) is 22.8 Å². The molecule has 1 aromatic heterocycles. The highest BCUT2D eigenvalue weighted by molar-refractivity contribution is 7.89. The molecule has 196 valence electrons. The van der Waals surface area contributed by atoms with Crippen molar-refractivity contribution in [2.24, 2.45) is 5.73 Å². The molecule has 0 saturated carbocycles. The minimum atomic E-state index is -4.34. The number of rotatable bonds is 11. The van der Waals surface area contributed by atoms with Crippen molar-refractivity contribution in [2.45, 2.75) is 50.2 Å². The Hall–Kier alpha value is -3.83. The van der Waals surface area contributed by atoms with Crippen LogP contribution in [0, 0.1) is 0 Å². The number of pyridine rings is 1. The molecule has 0 spiro atoms. The molecule has 0 aliphatic rings. The van der Waals surface area contributed by atoms with Crippen molar-refractivity contribution in [3.05, 3.63) is 65.9 Å². The van der Waals surface area contributed by atoms with Crippen LogP contribution in [0.1, 0.15) is 43.1 Å². The number of fused-ring (bicyclic) bond motifs is 1. The van der Waals surface area contributed by atoms with Gasteiger partial charge >= 0.3 is 5.97 Å². The molecule has 2 aromatic carbocycles. The Bertz CT molecular complexity index is 1410. The van der Waals surface area contributed by atoms with Crippen LogP contribution in [0.3, 0.4) is 0 Å². The molecular weight excluding hydrogens is 498 g/mol. The van der Waals surface area contributed by atoms with Gasteiger partial charge in [0.15, 0.2) is 0 Å². The second kappa shape index (κ2) is 11.5. The number of sulfonamides is 1. The Labute approximate surface area is 215 Å². The number of aromatic nitrogens is 1. The first-order valence-corrected chi connectivity index (χ1v) is 13.0. The summed E-state index contributed by atoms with van der Waals surface area (Å²) in [7, 11) is -4.34. The first-order valence-electron chi connectivity index (χ1n) is 11.5. The smallest absolute Gasteiger partial charge is 0.308 e. The standard InChI is InChI=1S/C26H29N3O7S/c1-26(2,3)36-24(31)15-19(16-30)29-37(33,34)23-10-9-18(25(27)32)14-22(23)35-13-11-17-6-4-8-21-20(17)7-5-12-28-21/h4-10,12,14,16,19,29H,11,13,15H2,1-3H3,(H2,27,32). The molecule has 1 atom stereocenters. The maximum absolute atomic E-state index is 13.2. The van der Waals surface area contributed by atoms with Gasteiger partial charge in [0.2, 0.25) is 15.9 Å². The molecular formula is C26H29N3O7S. The van der Waals surface area contributed by atoms with E-state index in [0.29, 0.717) is 12.7 Å². The van der Waals surface area contributed by atoms with Crippen molar-refractivity contribution in [3.8, 4) is 5.75 Å². The van der Waals surface area contributed by atoms with E-state index in [0.717, 1.165) is 22.5 Å². The monoisotopic (exact) mass is 527 g/mol. The molecule has 1 heterocycles. The predicted octanol–water partition coefficient (Wildman–Crippen LogP) is 2.53. The number of primary amides is 1. The second-order valence-electron chi connectivity index (χ2n) is 9.27. The third kappa shape index (κ3) is 7.58. The van der Waals surface area contributed by atoms with Gasteiger partial charge in [0.05, 0.1) is 24.6 Å². The van der Waals surface area contributed by atoms with Gasteiger partial charge in [-0.2, -0.15) is 0 Å². The van der Waals surface area contributed by atoms with Crippen molar-refractivity contribution >= 4 is 39.1 Å². The van der Waals surface area contributed by atoms with E-state index >= 15 is 0 Å². The van der Waals surface area contributed by atoms with E-state index in [4.69, 9.17) is 15.2 Å². The maximum Gasteiger partial charge on any atom is 0.308 e. The molecule has 3 N–H and O–H groups in total. The number of nitrogens with zero attached hydrogens (tertiary/aromatic N) is 1. The summed E-state index contributed by atoms with van der Waals surface area (Å²) in [5, 5.41) is 0.935. The number of esters is 1. The fourth-order valence-electron chi connectivity index (χ4n) is 3.60. The Balaban J connectivity index is 1.82. The molecule has 0 aliphatic carbocycles. The van der Waals surface area contributed by atoms with E-state index in [1.807, 2.05) is 30.3 Å². The predicted molar refractivity (Wildman–Crippen MR) is 137 cm³/mol. The summed E-state index contributed by atoms with van der Waals surface area (Å²) in [5.41, 5.74) is 6.37. The first-order chi connectivity index (χ1) is 17.4. The van der Waals surface area contributed by atoms with Crippen LogP contribution >= 0.6 is 0 Å². The summed E-state index contributed by atoms with van der Waals surface area (Å²) in [6, 6.07) is 11.7. The molecule has 37 heavy (non-hydrogen) atoms. The lowest BCUT2D eigenvalue weighted by Crippen LogP contribution is -2.39. The van der Waals surface area contributed by atoms with Crippen LogP contribution in [-0.2, 0) is 30.8 Å². The van der Waals surface area contributed by atoms with Crippen molar-refractivity contribution in [1.29, 1.82) is 0 Å². The Morgan fingerprint density at radius 2 is 1.89 bits per heavy atom. The largest absolute Gasteiger partial charge is 0.492 e. The molecule has 11 heteroatoms. The number of benzene rings is 2. The number of aldehydes is 1. The van der Waals surface area contributed by atoms with E-state index in [-0.39, 0.29) is 22.8 Å². The van der Waals surface area contributed by atoms with Crippen molar-refractivity contribution < 1.29 is 32.3 Å². The minimum absolute atomic E-state index is 0.0454. The highest BCUT2D eigenvalue weighted by Gasteiger charge is 2.27.